The van der Waals surface area contributed by atoms with E-state index in [1.807, 2.05) is 26.2 Å². The Kier molecular flexibility index (Phi) is 11.5. The summed E-state index contributed by atoms with van der Waals surface area (Å²) < 4.78 is 5.48. The summed E-state index contributed by atoms with van der Waals surface area (Å²) in [7, 11) is 0. The third kappa shape index (κ3) is 7.79. The summed E-state index contributed by atoms with van der Waals surface area (Å²) in [5.41, 5.74) is 12.2. The van der Waals surface area contributed by atoms with Crippen molar-refractivity contribution in [2.75, 3.05) is 18.4 Å². The minimum atomic E-state index is 0.0986. The number of nitrogens with one attached hydrogen (secondary N) is 2. The van der Waals surface area contributed by atoms with Crippen LogP contribution in [0.1, 0.15) is 84.5 Å². The first-order chi connectivity index (χ1) is 19.3. The predicted molar refractivity (Wildman–Crippen MR) is 169 cm³/mol. The topological polar surface area (TPSA) is 57.1 Å². The molecule has 0 fully saturated rings. The minimum Gasteiger partial charge on any atom is -0.391 e. The number of hydrogen-bond acceptors (Lipinski definition) is 4. The largest absolute Gasteiger partial charge is 0.391 e. The Hall–Kier alpha value is -3.97. The monoisotopic (exact) mass is 535 g/mol. The maximum Gasteiger partial charge on any atom is 0.292 e. The maximum absolute atomic E-state index is 9.37. The second-order valence-electron chi connectivity index (χ2n) is 10.6. The van der Waals surface area contributed by atoms with E-state index in [1.54, 1.807) is 6.20 Å². The van der Waals surface area contributed by atoms with E-state index < -0.39 is 0 Å². The van der Waals surface area contributed by atoms with Gasteiger partial charge in [0.15, 0.2) is 5.75 Å². The van der Waals surface area contributed by atoms with Gasteiger partial charge in [0, 0.05) is 19.0 Å². The smallest absolute Gasteiger partial charge is 0.292 e. The molecule has 0 aliphatic rings. The molecule has 4 nitrogen and oxygen atoms in total. The van der Waals surface area contributed by atoms with Crippen molar-refractivity contribution in [2.24, 2.45) is 0 Å². The summed E-state index contributed by atoms with van der Waals surface area (Å²) in [5, 5.41) is 16.0. The Morgan fingerprint density at radius 1 is 1.00 bits per heavy atom. The van der Waals surface area contributed by atoms with E-state index in [0.29, 0.717) is 5.75 Å². The Balaban J connectivity index is 2.14. The van der Waals surface area contributed by atoms with Gasteiger partial charge in [0.05, 0.1) is 5.69 Å². The van der Waals surface area contributed by atoms with E-state index in [1.165, 1.54) is 33.4 Å². The zero-order valence-electron chi connectivity index (χ0n) is 25.0. The second-order valence-corrected chi connectivity index (χ2v) is 10.6. The molecule has 0 aliphatic carbocycles. The molecule has 3 aromatic rings. The summed E-state index contributed by atoms with van der Waals surface area (Å²) in [6, 6.07) is 18.2. The van der Waals surface area contributed by atoms with E-state index in [9.17, 15) is 5.26 Å². The van der Waals surface area contributed by atoms with Crippen LogP contribution in [0.2, 0.25) is 0 Å². The van der Waals surface area contributed by atoms with Crippen LogP contribution in [0.25, 0.3) is 0 Å². The summed E-state index contributed by atoms with van der Waals surface area (Å²) in [6.45, 7) is 20.3. The molecule has 3 rings (SSSR count). The van der Waals surface area contributed by atoms with Crippen LogP contribution in [0.3, 0.4) is 0 Å². The van der Waals surface area contributed by atoms with Gasteiger partial charge in [-0.3, -0.25) is 0 Å². The van der Waals surface area contributed by atoms with Crippen molar-refractivity contribution in [1.29, 1.82) is 5.26 Å². The number of rotatable bonds is 15. The molecule has 0 bridgehead atoms. The highest BCUT2D eigenvalue weighted by Crippen LogP contribution is 2.40. The molecule has 1 unspecified atom stereocenters. The van der Waals surface area contributed by atoms with Crippen molar-refractivity contribution in [2.45, 2.75) is 72.6 Å². The van der Waals surface area contributed by atoms with Crippen LogP contribution in [-0.4, -0.2) is 13.1 Å². The Morgan fingerprint density at radius 3 is 2.30 bits per heavy atom. The fraction of sp³-hybridized carbons (Fsp3) is 0.361. The predicted octanol–water partition coefficient (Wildman–Crippen LogP) is 8.38. The number of nitriles is 1. The molecular weight excluding hydrogens is 490 g/mol. The molecule has 210 valence electrons. The summed E-state index contributed by atoms with van der Waals surface area (Å²) in [5.74, 6) is 0.700. The maximum atomic E-state index is 9.37. The molecule has 1 atom stereocenters. The van der Waals surface area contributed by atoms with Gasteiger partial charge in [0.2, 0.25) is 0 Å². The van der Waals surface area contributed by atoms with Crippen molar-refractivity contribution < 1.29 is 4.74 Å². The highest BCUT2D eigenvalue weighted by molar-refractivity contribution is 5.64. The number of allylic oxidation sites excluding steroid dienone is 1. The minimum absolute atomic E-state index is 0.0986. The van der Waals surface area contributed by atoms with Gasteiger partial charge in [0.25, 0.3) is 6.26 Å². The first-order valence-electron chi connectivity index (χ1n) is 14.5. The van der Waals surface area contributed by atoms with Crippen molar-refractivity contribution in [3.05, 3.63) is 118 Å². The molecule has 0 saturated carbocycles. The number of hydrogen-bond donors (Lipinski definition) is 2. The van der Waals surface area contributed by atoms with Gasteiger partial charge >= 0.3 is 0 Å². The van der Waals surface area contributed by atoms with Crippen molar-refractivity contribution >= 4 is 5.69 Å². The molecule has 0 amide bonds. The van der Waals surface area contributed by atoms with Gasteiger partial charge in [-0.15, -0.1) is 11.8 Å². The molecule has 0 heterocycles. The summed E-state index contributed by atoms with van der Waals surface area (Å²) >= 11 is 0. The standard InChI is InChI=1S/C36H45N3O/c1-8-27-19-28(9-2)21-29(20-27)22-32-23-31(13-12-30(32)16-17-38-10-3)34(18-25(5)6)33-14-15-35(39-11-4)36(26(33)7)40-24-37/h10,12-15,19-21,23,34,38-39H,3,5,8-9,11,16-18,22H2,1-2,4,6-7H3. The molecule has 40 heavy (non-hydrogen) atoms. The lowest BCUT2D eigenvalue weighted by Gasteiger charge is -2.24. The second kappa shape index (κ2) is 15.0. The zero-order valence-corrected chi connectivity index (χ0v) is 25.0. The molecule has 0 saturated heterocycles. The quantitative estimate of drug-likeness (QED) is 0.117. The lowest BCUT2D eigenvalue weighted by molar-refractivity contribution is 0.503. The first kappa shape index (κ1) is 30.6. The van der Waals surface area contributed by atoms with E-state index in [-0.39, 0.29) is 5.92 Å². The Bertz CT molecular complexity index is 1340. The van der Waals surface area contributed by atoms with Crippen LogP contribution in [0.15, 0.2) is 73.5 Å². The van der Waals surface area contributed by atoms with Gasteiger partial charge in [-0.25, -0.2) is 0 Å². The van der Waals surface area contributed by atoms with Crippen LogP contribution in [0, 0.1) is 18.4 Å². The lowest BCUT2D eigenvalue weighted by Crippen LogP contribution is -2.12. The SMILES string of the molecule is C=CNCCc1ccc(C(CC(=C)C)c2ccc(NCC)c(OC#N)c2C)cc1Cc1cc(CC)cc(CC)c1. The van der Waals surface area contributed by atoms with E-state index in [2.05, 4.69) is 87.0 Å². The van der Waals surface area contributed by atoms with Crippen LogP contribution in [0.5, 0.6) is 5.75 Å². The molecule has 0 aromatic heterocycles. The summed E-state index contributed by atoms with van der Waals surface area (Å²) in [6.07, 6.45) is 8.35. The van der Waals surface area contributed by atoms with Gasteiger partial charge in [-0.1, -0.05) is 68.5 Å². The van der Waals surface area contributed by atoms with Crippen molar-refractivity contribution in [3.8, 4) is 12.0 Å². The molecule has 0 aliphatic heterocycles. The number of ether oxygens (including phenoxy) is 1. The van der Waals surface area contributed by atoms with Crippen molar-refractivity contribution in [1.82, 2.24) is 5.32 Å². The molecule has 3 aromatic carbocycles. The molecule has 4 heteroatoms. The van der Waals surface area contributed by atoms with E-state index in [4.69, 9.17) is 4.74 Å². The number of nitrogens with zero attached hydrogens (tertiary/aromatic N) is 1. The summed E-state index contributed by atoms with van der Waals surface area (Å²) in [4.78, 5) is 0. The van der Waals surface area contributed by atoms with Crippen LogP contribution < -0.4 is 15.4 Å². The third-order valence-electron chi connectivity index (χ3n) is 7.53. The van der Waals surface area contributed by atoms with Gasteiger partial charge in [-0.2, -0.15) is 0 Å². The van der Waals surface area contributed by atoms with Gasteiger partial charge < -0.3 is 15.4 Å². The fourth-order valence-electron chi connectivity index (χ4n) is 5.50. The first-order valence-corrected chi connectivity index (χ1v) is 14.5. The van der Waals surface area contributed by atoms with Gasteiger partial charge in [-0.05, 0) is 110 Å². The molecule has 2 N–H and O–H groups in total. The third-order valence-corrected chi connectivity index (χ3v) is 7.53. The van der Waals surface area contributed by atoms with Crippen molar-refractivity contribution in [3.63, 3.8) is 0 Å². The number of aryl methyl sites for hydroxylation is 2. The van der Waals surface area contributed by atoms with E-state index in [0.717, 1.165) is 67.6 Å². The molecule has 0 spiro atoms. The van der Waals surface area contributed by atoms with Gasteiger partial charge in [0.1, 0.15) is 0 Å². The zero-order chi connectivity index (χ0) is 29.1. The number of benzene rings is 3. The number of anilines is 1. The molecular formula is C36H45N3O. The van der Waals surface area contributed by atoms with Crippen LogP contribution >= 0.6 is 0 Å². The molecule has 0 radical (unpaired) electrons. The lowest BCUT2D eigenvalue weighted by atomic mass is 9.82. The highest BCUT2D eigenvalue weighted by Gasteiger charge is 2.22. The Labute approximate surface area is 241 Å². The van der Waals surface area contributed by atoms with Crippen LogP contribution in [0.4, 0.5) is 5.69 Å². The average Bonchev–Trinajstić information content (AvgIpc) is 2.94. The van der Waals surface area contributed by atoms with Crippen LogP contribution in [-0.2, 0) is 25.7 Å². The van der Waals surface area contributed by atoms with E-state index >= 15 is 0 Å². The fourth-order valence-corrected chi connectivity index (χ4v) is 5.50. The normalized spacial score (nSPS) is 11.4. The highest BCUT2D eigenvalue weighted by atomic mass is 16.5. The average molecular weight is 536 g/mol. The Morgan fingerprint density at radius 2 is 1.70 bits per heavy atom.